The van der Waals surface area contributed by atoms with Crippen LogP contribution >= 0.6 is 0 Å². The summed E-state index contributed by atoms with van der Waals surface area (Å²) in [6, 6.07) is 3.65. The highest BCUT2D eigenvalue weighted by molar-refractivity contribution is 5.94. The average Bonchev–Trinajstić information content (AvgIpc) is 2.40. The first-order valence-corrected chi connectivity index (χ1v) is 6.91. The fraction of sp³-hybridized carbons (Fsp3) is 0.533. The van der Waals surface area contributed by atoms with Crippen LogP contribution in [0.25, 0.3) is 0 Å². The molecule has 0 aliphatic carbocycles. The van der Waals surface area contributed by atoms with Crippen LogP contribution in [0.15, 0.2) is 18.2 Å². The van der Waals surface area contributed by atoms with E-state index in [1.807, 2.05) is 13.8 Å². The maximum atomic E-state index is 13.8. The van der Waals surface area contributed by atoms with E-state index in [1.165, 1.54) is 12.1 Å². The van der Waals surface area contributed by atoms with Gasteiger partial charge in [0.05, 0.1) is 12.6 Å². The molecule has 5 nitrogen and oxygen atoms in total. The Bertz CT molecular complexity index is 466. The highest BCUT2D eigenvalue weighted by Crippen LogP contribution is 2.21. The van der Waals surface area contributed by atoms with E-state index >= 15 is 0 Å². The maximum Gasteiger partial charge on any atom is 0.241 e. The van der Waals surface area contributed by atoms with Crippen LogP contribution < -0.4 is 15.8 Å². The zero-order chi connectivity index (χ0) is 15.8. The van der Waals surface area contributed by atoms with Gasteiger partial charge in [-0.15, -0.1) is 0 Å². The Labute approximate surface area is 124 Å². The number of methoxy groups -OCH3 is 1. The molecule has 0 radical (unpaired) electrons. The molecule has 1 atom stereocenters. The van der Waals surface area contributed by atoms with Crippen molar-refractivity contribution < 1.29 is 18.7 Å². The number of halogens is 1. The number of amides is 1. The van der Waals surface area contributed by atoms with E-state index in [2.05, 4.69) is 5.32 Å². The van der Waals surface area contributed by atoms with Crippen LogP contribution in [-0.2, 0) is 9.53 Å². The van der Waals surface area contributed by atoms with Crippen molar-refractivity contribution in [2.45, 2.75) is 26.3 Å². The second kappa shape index (κ2) is 8.59. The molecule has 0 spiro atoms. The van der Waals surface area contributed by atoms with Crippen molar-refractivity contribution in [1.82, 2.24) is 0 Å². The Balaban J connectivity index is 2.60. The summed E-state index contributed by atoms with van der Waals surface area (Å²) in [5.41, 5.74) is 6.13. The number of nitrogens with one attached hydrogen (secondary N) is 1. The SMILES string of the molecule is COCCOc1ccc(NC(=O)[C@@H](N)CC(C)C)cc1F. The van der Waals surface area contributed by atoms with Crippen LogP contribution in [0.5, 0.6) is 5.75 Å². The number of ether oxygens (including phenoxy) is 2. The molecule has 1 amide bonds. The first kappa shape index (κ1) is 17.4. The van der Waals surface area contributed by atoms with Gasteiger partial charge in [-0.2, -0.15) is 0 Å². The van der Waals surface area contributed by atoms with E-state index in [0.717, 1.165) is 0 Å². The van der Waals surface area contributed by atoms with E-state index < -0.39 is 11.9 Å². The number of benzene rings is 1. The molecule has 0 aromatic heterocycles. The number of rotatable bonds is 8. The number of carbonyl (C=O) groups excluding carboxylic acids is 1. The highest BCUT2D eigenvalue weighted by Gasteiger charge is 2.15. The summed E-state index contributed by atoms with van der Waals surface area (Å²) >= 11 is 0. The quantitative estimate of drug-likeness (QED) is 0.721. The highest BCUT2D eigenvalue weighted by atomic mass is 19.1. The summed E-state index contributed by atoms with van der Waals surface area (Å²) in [5, 5.41) is 2.60. The number of anilines is 1. The lowest BCUT2D eigenvalue weighted by atomic mass is 10.0. The van der Waals surface area contributed by atoms with Crippen LogP contribution in [0, 0.1) is 11.7 Å². The first-order valence-electron chi connectivity index (χ1n) is 6.91. The van der Waals surface area contributed by atoms with E-state index in [-0.39, 0.29) is 18.3 Å². The predicted molar refractivity (Wildman–Crippen MR) is 79.8 cm³/mol. The molecule has 1 aromatic carbocycles. The molecule has 0 aliphatic rings. The second-order valence-corrected chi connectivity index (χ2v) is 5.21. The lowest BCUT2D eigenvalue weighted by Gasteiger charge is -2.14. The zero-order valence-corrected chi connectivity index (χ0v) is 12.7. The maximum absolute atomic E-state index is 13.8. The Morgan fingerprint density at radius 1 is 1.38 bits per heavy atom. The molecule has 0 bridgehead atoms. The van der Waals surface area contributed by atoms with Gasteiger partial charge >= 0.3 is 0 Å². The summed E-state index contributed by atoms with van der Waals surface area (Å²) in [4.78, 5) is 11.8. The molecule has 21 heavy (non-hydrogen) atoms. The minimum atomic E-state index is -0.606. The van der Waals surface area contributed by atoms with Gasteiger partial charge in [-0.3, -0.25) is 4.79 Å². The molecule has 6 heteroatoms. The van der Waals surface area contributed by atoms with E-state index in [0.29, 0.717) is 24.6 Å². The third kappa shape index (κ3) is 6.10. The van der Waals surface area contributed by atoms with Gasteiger partial charge in [0, 0.05) is 18.9 Å². The summed E-state index contributed by atoms with van der Waals surface area (Å²) in [7, 11) is 1.54. The largest absolute Gasteiger partial charge is 0.488 e. The zero-order valence-electron chi connectivity index (χ0n) is 12.7. The number of nitrogens with two attached hydrogens (primary N) is 1. The van der Waals surface area contributed by atoms with Crippen LogP contribution in [0.4, 0.5) is 10.1 Å². The molecule has 0 heterocycles. The molecule has 3 N–H and O–H groups in total. The van der Waals surface area contributed by atoms with Crippen molar-refractivity contribution in [2.24, 2.45) is 11.7 Å². The van der Waals surface area contributed by atoms with Gasteiger partial charge in [0.15, 0.2) is 11.6 Å². The monoisotopic (exact) mass is 298 g/mol. The molecule has 1 rings (SSSR count). The summed E-state index contributed by atoms with van der Waals surface area (Å²) in [6.07, 6.45) is 0.576. The van der Waals surface area contributed by atoms with Crippen LogP contribution in [0.2, 0.25) is 0 Å². The lowest BCUT2D eigenvalue weighted by molar-refractivity contribution is -0.117. The normalized spacial score (nSPS) is 12.3. The number of hydrogen-bond donors (Lipinski definition) is 2. The van der Waals surface area contributed by atoms with Gasteiger partial charge in [-0.25, -0.2) is 4.39 Å². The van der Waals surface area contributed by atoms with Crippen molar-refractivity contribution in [2.75, 3.05) is 25.6 Å². The Morgan fingerprint density at radius 2 is 2.10 bits per heavy atom. The number of hydrogen-bond acceptors (Lipinski definition) is 4. The van der Waals surface area contributed by atoms with Gasteiger partial charge in [-0.1, -0.05) is 13.8 Å². The van der Waals surface area contributed by atoms with Gasteiger partial charge in [0.1, 0.15) is 6.61 Å². The van der Waals surface area contributed by atoms with E-state index in [1.54, 1.807) is 13.2 Å². The molecule has 0 unspecified atom stereocenters. The first-order chi connectivity index (χ1) is 9.93. The summed E-state index contributed by atoms with van der Waals surface area (Å²) in [5.74, 6) is -0.423. The van der Waals surface area contributed by atoms with Gasteiger partial charge < -0.3 is 20.5 Å². The topological polar surface area (TPSA) is 73.6 Å². The van der Waals surface area contributed by atoms with Crippen LogP contribution in [-0.4, -0.2) is 32.3 Å². The Morgan fingerprint density at radius 3 is 2.67 bits per heavy atom. The molecule has 118 valence electrons. The molecular weight excluding hydrogens is 275 g/mol. The van der Waals surface area contributed by atoms with Gasteiger partial charge in [0.25, 0.3) is 0 Å². The standard InChI is InChI=1S/C15H23FN2O3/c1-10(2)8-13(17)15(19)18-11-4-5-14(12(16)9-11)21-7-6-20-3/h4-5,9-10,13H,6-8,17H2,1-3H3,(H,18,19)/t13-/m0/s1. The third-order valence-electron chi connectivity index (χ3n) is 2.81. The van der Waals surface area contributed by atoms with Gasteiger partial charge in [0.2, 0.25) is 5.91 Å². The molecule has 0 aliphatic heterocycles. The minimum absolute atomic E-state index is 0.122. The van der Waals surface area contributed by atoms with Crippen molar-refractivity contribution in [3.63, 3.8) is 0 Å². The fourth-order valence-corrected chi connectivity index (χ4v) is 1.78. The average molecular weight is 298 g/mol. The van der Waals surface area contributed by atoms with Crippen LogP contribution in [0.1, 0.15) is 20.3 Å². The van der Waals surface area contributed by atoms with E-state index in [9.17, 15) is 9.18 Å². The van der Waals surface area contributed by atoms with E-state index in [4.69, 9.17) is 15.2 Å². The van der Waals surface area contributed by atoms with Crippen molar-refractivity contribution >= 4 is 11.6 Å². The van der Waals surface area contributed by atoms with Crippen LogP contribution in [0.3, 0.4) is 0 Å². The fourth-order valence-electron chi connectivity index (χ4n) is 1.78. The summed E-state index contributed by atoms with van der Waals surface area (Å²) in [6.45, 7) is 4.61. The molecule has 0 saturated heterocycles. The summed E-state index contributed by atoms with van der Waals surface area (Å²) < 4.78 is 23.8. The smallest absolute Gasteiger partial charge is 0.241 e. The third-order valence-corrected chi connectivity index (χ3v) is 2.81. The molecule has 1 aromatic rings. The predicted octanol–water partition coefficient (Wildman–Crippen LogP) is 2.16. The van der Waals surface area contributed by atoms with Crippen molar-refractivity contribution in [3.8, 4) is 5.75 Å². The molecular formula is C15H23FN2O3. The molecule has 0 saturated carbocycles. The minimum Gasteiger partial charge on any atom is -0.488 e. The van der Waals surface area contributed by atoms with Crippen molar-refractivity contribution in [3.05, 3.63) is 24.0 Å². The number of carbonyl (C=O) groups is 1. The van der Waals surface area contributed by atoms with Gasteiger partial charge in [-0.05, 0) is 24.5 Å². The lowest BCUT2D eigenvalue weighted by Crippen LogP contribution is -2.36. The Hall–Kier alpha value is -1.66. The Kier molecular flexibility index (Phi) is 7.11. The second-order valence-electron chi connectivity index (χ2n) is 5.21. The molecule has 0 fully saturated rings. The van der Waals surface area contributed by atoms with Crippen molar-refractivity contribution in [1.29, 1.82) is 0 Å².